The average Bonchev–Trinajstić information content (AvgIpc) is 3.10. The summed E-state index contributed by atoms with van der Waals surface area (Å²) >= 11 is 1.53. The van der Waals surface area contributed by atoms with Gasteiger partial charge in [-0.3, -0.25) is 4.79 Å². The number of amides is 1. The molecule has 1 N–H and O–H groups in total. The van der Waals surface area contributed by atoms with E-state index >= 15 is 0 Å². The lowest BCUT2D eigenvalue weighted by Gasteiger charge is -2.36. The number of nitrogens with one attached hydrogen (secondary N) is 1. The van der Waals surface area contributed by atoms with Crippen LogP contribution in [0.3, 0.4) is 0 Å². The molecular formula is C15H22N6OS. The van der Waals surface area contributed by atoms with Crippen LogP contribution in [0.2, 0.25) is 0 Å². The van der Waals surface area contributed by atoms with E-state index in [1.165, 1.54) is 17.8 Å². The fraction of sp³-hybridized carbons (Fsp3) is 0.667. The van der Waals surface area contributed by atoms with Crippen LogP contribution >= 0.6 is 11.3 Å². The minimum absolute atomic E-state index is 0.0359. The third-order valence-corrected chi connectivity index (χ3v) is 5.60. The Bertz CT molecular complexity index is 640. The molecule has 8 heteroatoms. The maximum absolute atomic E-state index is 12.5. The highest BCUT2D eigenvalue weighted by molar-refractivity contribution is 7.15. The molecule has 0 atom stereocenters. The molecule has 1 aliphatic carbocycles. The van der Waals surface area contributed by atoms with Gasteiger partial charge in [-0.25, -0.2) is 9.67 Å². The van der Waals surface area contributed by atoms with Gasteiger partial charge in [0.1, 0.15) is 6.33 Å². The predicted octanol–water partition coefficient (Wildman–Crippen LogP) is 2.73. The number of carbonyl (C=O) groups excluding carboxylic acids is 1. The number of tetrazole rings is 1. The van der Waals surface area contributed by atoms with Crippen molar-refractivity contribution in [2.45, 2.75) is 58.9 Å². The van der Waals surface area contributed by atoms with Gasteiger partial charge in [-0.1, -0.05) is 19.3 Å². The molecule has 0 unspecified atom stereocenters. The van der Waals surface area contributed by atoms with Crippen molar-refractivity contribution < 1.29 is 4.79 Å². The number of hydrogen-bond acceptors (Lipinski definition) is 6. The van der Waals surface area contributed by atoms with Crippen molar-refractivity contribution in [3.8, 4) is 0 Å². The molecule has 23 heavy (non-hydrogen) atoms. The van der Waals surface area contributed by atoms with Crippen LogP contribution in [0.1, 0.15) is 49.1 Å². The van der Waals surface area contributed by atoms with Crippen LogP contribution in [0, 0.1) is 19.3 Å². The number of nitrogens with zero attached hydrogens (tertiary/aromatic N) is 5. The Morgan fingerprint density at radius 3 is 2.74 bits per heavy atom. The standard InChI is InChI=1S/C15H22N6OS/c1-11-12(2)23-14(17-11)18-13(22)8-15(6-4-3-5-7-15)9-21-10-16-19-20-21/h10H,3-9H2,1-2H3,(H,17,18,22). The number of aryl methyl sites for hydroxylation is 2. The summed E-state index contributed by atoms with van der Waals surface area (Å²) in [6.45, 7) is 4.67. The minimum atomic E-state index is -0.0565. The highest BCUT2D eigenvalue weighted by Gasteiger charge is 2.35. The number of hydrogen-bond donors (Lipinski definition) is 1. The fourth-order valence-electron chi connectivity index (χ4n) is 3.32. The second-order valence-electron chi connectivity index (χ2n) is 6.45. The smallest absolute Gasteiger partial charge is 0.226 e. The van der Waals surface area contributed by atoms with E-state index in [4.69, 9.17) is 0 Å². The molecule has 0 saturated heterocycles. The van der Waals surface area contributed by atoms with Gasteiger partial charge in [-0.15, -0.1) is 16.4 Å². The summed E-state index contributed by atoms with van der Waals surface area (Å²) in [4.78, 5) is 18.1. The summed E-state index contributed by atoms with van der Waals surface area (Å²) in [5.74, 6) is 0.0359. The zero-order valence-corrected chi connectivity index (χ0v) is 14.4. The number of anilines is 1. The van der Waals surface area contributed by atoms with Crippen molar-refractivity contribution in [1.29, 1.82) is 0 Å². The lowest BCUT2D eigenvalue weighted by molar-refractivity contribution is -0.119. The summed E-state index contributed by atoms with van der Waals surface area (Å²) in [5.41, 5.74) is 0.922. The van der Waals surface area contributed by atoms with Crippen LogP contribution in [-0.2, 0) is 11.3 Å². The Hall–Kier alpha value is -1.83. The molecule has 3 rings (SSSR count). The summed E-state index contributed by atoms with van der Waals surface area (Å²) in [6, 6.07) is 0. The molecule has 0 spiro atoms. The van der Waals surface area contributed by atoms with Crippen LogP contribution in [0.15, 0.2) is 6.33 Å². The van der Waals surface area contributed by atoms with Gasteiger partial charge in [0.15, 0.2) is 5.13 Å². The van der Waals surface area contributed by atoms with Crippen LogP contribution in [0.5, 0.6) is 0 Å². The molecule has 2 aromatic heterocycles. The third-order valence-electron chi connectivity index (χ3n) is 4.61. The van der Waals surface area contributed by atoms with Gasteiger partial charge in [0.2, 0.25) is 5.91 Å². The van der Waals surface area contributed by atoms with Crippen molar-refractivity contribution in [3.05, 3.63) is 16.9 Å². The van der Waals surface area contributed by atoms with Gasteiger partial charge < -0.3 is 5.32 Å². The SMILES string of the molecule is Cc1nc(NC(=O)CC2(Cn3cnnn3)CCCCC2)sc1C. The summed E-state index contributed by atoms with van der Waals surface area (Å²) in [6.07, 6.45) is 7.75. The first kappa shape index (κ1) is 16.0. The van der Waals surface area contributed by atoms with E-state index in [1.54, 1.807) is 11.0 Å². The molecule has 1 aliphatic rings. The molecule has 0 radical (unpaired) electrons. The number of aromatic nitrogens is 5. The van der Waals surface area contributed by atoms with E-state index < -0.39 is 0 Å². The molecule has 2 aromatic rings. The maximum Gasteiger partial charge on any atom is 0.226 e. The Balaban J connectivity index is 1.68. The number of carbonyl (C=O) groups is 1. The Labute approximate surface area is 139 Å². The lowest BCUT2D eigenvalue weighted by atomic mass is 9.71. The molecule has 1 fully saturated rings. The van der Waals surface area contributed by atoms with Crippen molar-refractivity contribution >= 4 is 22.4 Å². The molecule has 0 bridgehead atoms. The largest absolute Gasteiger partial charge is 0.302 e. The molecule has 1 saturated carbocycles. The number of rotatable bonds is 5. The van der Waals surface area contributed by atoms with E-state index in [9.17, 15) is 4.79 Å². The Morgan fingerprint density at radius 2 is 2.13 bits per heavy atom. The van der Waals surface area contributed by atoms with Crippen molar-refractivity contribution in [2.75, 3.05) is 5.32 Å². The first-order chi connectivity index (χ1) is 11.1. The Morgan fingerprint density at radius 1 is 1.35 bits per heavy atom. The lowest BCUT2D eigenvalue weighted by Crippen LogP contribution is -2.34. The first-order valence-corrected chi connectivity index (χ1v) is 8.83. The van der Waals surface area contributed by atoms with Gasteiger partial charge in [0, 0.05) is 11.3 Å². The highest BCUT2D eigenvalue weighted by atomic mass is 32.1. The average molecular weight is 334 g/mol. The van der Waals surface area contributed by atoms with Crippen molar-refractivity contribution in [3.63, 3.8) is 0 Å². The second kappa shape index (κ2) is 6.74. The van der Waals surface area contributed by atoms with E-state index in [2.05, 4.69) is 25.8 Å². The predicted molar refractivity (Wildman–Crippen MR) is 88.2 cm³/mol. The first-order valence-electron chi connectivity index (χ1n) is 8.01. The second-order valence-corrected chi connectivity index (χ2v) is 7.66. The van der Waals surface area contributed by atoms with Gasteiger partial charge in [0.05, 0.1) is 12.2 Å². The Kier molecular flexibility index (Phi) is 4.70. The van der Waals surface area contributed by atoms with Crippen LogP contribution in [0.4, 0.5) is 5.13 Å². The van der Waals surface area contributed by atoms with Crippen LogP contribution in [-0.4, -0.2) is 31.1 Å². The maximum atomic E-state index is 12.5. The molecule has 1 amide bonds. The summed E-state index contributed by atoms with van der Waals surface area (Å²) in [5, 5.41) is 15.0. The zero-order valence-electron chi connectivity index (χ0n) is 13.6. The summed E-state index contributed by atoms with van der Waals surface area (Å²) in [7, 11) is 0. The number of thiazole rings is 1. The zero-order chi connectivity index (χ0) is 16.3. The monoisotopic (exact) mass is 334 g/mol. The van der Waals surface area contributed by atoms with Crippen LogP contribution < -0.4 is 5.32 Å². The normalized spacial score (nSPS) is 17.1. The topological polar surface area (TPSA) is 85.6 Å². The highest BCUT2D eigenvalue weighted by Crippen LogP contribution is 2.41. The quantitative estimate of drug-likeness (QED) is 0.908. The van der Waals surface area contributed by atoms with Crippen LogP contribution in [0.25, 0.3) is 0 Å². The fourth-order valence-corrected chi connectivity index (χ4v) is 4.15. The van der Waals surface area contributed by atoms with Gasteiger partial charge >= 0.3 is 0 Å². The molecule has 2 heterocycles. The summed E-state index contributed by atoms with van der Waals surface area (Å²) < 4.78 is 1.75. The van der Waals surface area contributed by atoms with E-state index in [-0.39, 0.29) is 11.3 Å². The minimum Gasteiger partial charge on any atom is -0.302 e. The molecule has 0 aromatic carbocycles. The van der Waals surface area contributed by atoms with E-state index in [0.717, 1.165) is 36.3 Å². The third kappa shape index (κ3) is 3.93. The van der Waals surface area contributed by atoms with Crippen molar-refractivity contribution in [2.24, 2.45) is 5.41 Å². The molecule has 0 aliphatic heterocycles. The van der Waals surface area contributed by atoms with E-state index in [0.29, 0.717) is 18.1 Å². The molecule has 124 valence electrons. The van der Waals surface area contributed by atoms with Gasteiger partial charge in [0.25, 0.3) is 0 Å². The molecule has 7 nitrogen and oxygen atoms in total. The van der Waals surface area contributed by atoms with Gasteiger partial charge in [-0.05, 0) is 42.5 Å². The van der Waals surface area contributed by atoms with Gasteiger partial charge in [-0.2, -0.15) is 0 Å². The molecular weight excluding hydrogens is 312 g/mol. The van der Waals surface area contributed by atoms with E-state index in [1.807, 2.05) is 13.8 Å². The van der Waals surface area contributed by atoms with Crippen molar-refractivity contribution in [1.82, 2.24) is 25.2 Å².